The molecule has 5 heteroatoms. The fourth-order valence-electron chi connectivity index (χ4n) is 1.24. The average molecular weight is 212 g/mol. The first-order valence-electron chi connectivity index (χ1n) is 5.48. The first-order chi connectivity index (χ1) is 7.17. The molecule has 0 atom stereocenters. The number of hydrogen-bond acceptors (Lipinski definition) is 5. The highest BCUT2D eigenvalue weighted by molar-refractivity contribution is 5.26. The molecule has 5 nitrogen and oxygen atoms in total. The van der Waals surface area contributed by atoms with E-state index in [1.54, 1.807) is 0 Å². The maximum atomic E-state index is 5.13. The molecule has 1 aromatic rings. The highest BCUT2D eigenvalue weighted by Crippen LogP contribution is 2.08. The molecular formula is C10H20N4O. The molecule has 0 fully saturated rings. The molecule has 0 aliphatic rings. The van der Waals surface area contributed by atoms with Crippen molar-refractivity contribution in [2.75, 3.05) is 18.0 Å². The number of anilines is 1. The summed E-state index contributed by atoms with van der Waals surface area (Å²) in [7, 11) is 0. The van der Waals surface area contributed by atoms with Gasteiger partial charge in [-0.2, -0.15) is 4.98 Å². The van der Waals surface area contributed by atoms with Gasteiger partial charge < -0.3 is 14.7 Å². The predicted octanol–water partition coefficient (Wildman–Crippen LogP) is 1.41. The second kappa shape index (κ2) is 5.70. The zero-order valence-electron chi connectivity index (χ0n) is 9.95. The van der Waals surface area contributed by atoms with Crippen LogP contribution in [-0.4, -0.2) is 29.3 Å². The van der Waals surface area contributed by atoms with Crippen molar-refractivity contribution in [3.05, 3.63) is 5.89 Å². The summed E-state index contributed by atoms with van der Waals surface area (Å²) in [5.74, 6) is 1.33. The van der Waals surface area contributed by atoms with Crippen molar-refractivity contribution < 1.29 is 4.52 Å². The van der Waals surface area contributed by atoms with Gasteiger partial charge in [-0.05, 0) is 19.0 Å². The van der Waals surface area contributed by atoms with Gasteiger partial charge in [-0.3, -0.25) is 0 Å². The van der Waals surface area contributed by atoms with E-state index < -0.39 is 0 Å². The zero-order chi connectivity index (χ0) is 11.3. The van der Waals surface area contributed by atoms with Crippen LogP contribution in [0.25, 0.3) is 0 Å². The van der Waals surface area contributed by atoms with Gasteiger partial charge in [0, 0.05) is 19.1 Å². The molecule has 0 amide bonds. The lowest BCUT2D eigenvalue weighted by atomic mass is 10.4. The molecule has 0 radical (unpaired) electrons. The van der Waals surface area contributed by atoms with E-state index in [1.807, 2.05) is 0 Å². The lowest BCUT2D eigenvalue weighted by Crippen LogP contribution is -2.24. The Labute approximate surface area is 90.8 Å². The molecule has 15 heavy (non-hydrogen) atoms. The van der Waals surface area contributed by atoms with Crippen molar-refractivity contribution in [1.29, 1.82) is 0 Å². The Morgan fingerprint density at radius 1 is 1.33 bits per heavy atom. The summed E-state index contributed by atoms with van der Waals surface area (Å²) < 4.78 is 5.13. The molecule has 0 spiro atoms. The van der Waals surface area contributed by atoms with Crippen molar-refractivity contribution in [3.63, 3.8) is 0 Å². The fraction of sp³-hybridized carbons (Fsp3) is 0.800. The van der Waals surface area contributed by atoms with Crippen LogP contribution in [-0.2, 0) is 6.54 Å². The number of aromatic nitrogens is 2. The summed E-state index contributed by atoms with van der Waals surface area (Å²) in [6.07, 6.45) is 0. The SMILES string of the molecule is CCN(CC)c1noc(CNC(C)C)n1. The summed E-state index contributed by atoms with van der Waals surface area (Å²) in [6.45, 7) is 10.7. The van der Waals surface area contributed by atoms with Crippen LogP contribution in [0.15, 0.2) is 4.52 Å². The molecule has 86 valence electrons. The van der Waals surface area contributed by atoms with E-state index in [2.05, 4.69) is 48.1 Å². The summed E-state index contributed by atoms with van der Waals surface area (Å²) in [4.78, 5) is 6.37. The maximum absolute atomic E-state index is 5.13. The summed E-state index contributed by atoms with van der Waals surface area (Å²) in [5.41, 5.74) is 0. The standard InChI is InChI=1S/C10H20N4O/c1-5-14(6-2)10-12-9(15-13-10)7-11-8(3)4/h8,11H,5-7H2,1-4H3. The Morgan fingerprint density at radius 3 is 2.53 bits per heavy atom. The number of rotatable bonds is 6. The van der Waals surface area contributed by atoms with Crippen LogP contribution in [0, 0.1) is 0 Å². The third kappa shape index (κ3) is 3.51. The summed E-state index contributed by atoms with van der Waals surface area (Å²) >= 11 is 0. The lowest BCUT2D eigenvalue weighted by molar-refractivity contribution is 0.361. The zero-order valence-corrected chi connectivity index (χ0v) is 9.95. The van der Waals surface area contributed by atoms with Crippen LogP contribution in [0.4, 0.5) is 5.95 Å². The third-order valence-corrected chi connectivity index (χ3v) is 2.17. The van der Waals surface area contributed by atoms with Crippen LogP contribution in [0.3, 0.4) is 0 Å². The second-order valence-electron chi connectivity index (χ2n) is 3.70. The van der Waals surface area contributed by atoms with Crippen LogP contribution >= 0.6 is 0 Å². The Bertz CT molecular complexity index is 281. The Morgan fingerprint density at radius 2 is 2.00 bits per heavy atom. The number of nitrogens with one attached hydrogen (secondary N) is 1. The summed E-state index contributed by atoms with van der Waals surface area (Å²) in [5, 5.41) is 7.17. The normalized spacial score (nSPS) is 11.0. The van der Waals surface area contributed by atoms with E-state index in [9.17, 15) is 0 Å². The van der Waals surface area contributed by atoms with Gasteiger partial charge in [0.25, 0.3) is 5.95 Å². The van der Waals surface area contributed by atoms with Crippen LogP contribution in [0.1, 0.15) is 33.6 Å². The van der Waals surface area contributed by atoms with Crippen molar-refractivity contribution >= 4 is 5.95 Å². The Balaban J connectivity index is 2.55. The van der Waals surface area contributed by atoms with Gasteiger partial charge in [-0.1, -0.05) is 13.8 Å². The molecule has 1 rings (SSSR count). The van der Waals surface area contributed by atoms with E-state index >= 15 is 0 Å². The van der Waals surface area contributed by atoms with Crippen molar-refractivity contribution in [3.8, 4) is 0 Å². The van der Waals surface area contributed by atoms with E-state index in [4.69, 9.17) is 4.52 Å². The number of hydrogen-bond donors (Lipinski definition) is 1. The fourth-order valence-corrected chi connectivity index (χ4v) is 1.24. The van der Waals surface area contributed by atoms with E-state index in [0.717, 1.165) is 13.1 Å². The molecule has 0 aliphatic carbocycles. The van der Waals surface area contributed by atoms with Crippen LogP contribution in [0.5, 0.6) is 0 Å². The molecule has 0 aromatic carbocycles. The average Bonchev–Trinajstić information content (AvgIpc) is 2.65. The molecule has 0 saturated carbocycles. The van der Waals surface area contributed by atoms with Gasteiger partial charge in [-0.25, -0.2) is 0 Å². The van der Waals surface area contributed by atoms with E-state index in [-0.39, 0.29) is 0 Å². The number of nitrogens with zero attached hydrogens (tertiary/aromatic N) is 3. The van der Waals surface area contributed by atoms with Gasteiger partial charge in [-0.15, -0.1) is 0 Å². The second-order valence-corrected chi connectivity index (χ2v) is 3.70. The molecular weight excluding hydrogens is 192 g/mol. The minimum atomic E-state index is 0.425. The first kappa shape index (κ1) is 12.0. The minimum absolute atomic E-state index is 0.425. The minimum Gasteiger partial charge on any atom is -0.339 e. The lowest BCUT2D eigenvalue weighted by Gasteiger charge is -2.14. The van der Waals surface area contributed by atoms with Crippen molar-refractivity contribution in [2.24, 2.45) is 0 Å². The van der Waals surface area contributed by atoms with Crippen LogP contribution < -0.4 is 10.2 Å². The maximum Gasteiger partial charge on any atom is 0.266 e. The highest BCUT2D eigenvalue weighted by Gasteiger charge is 2.10. The Kier molecular flexibility index (Phi) is 4.55. The highest BCUT2D eigenvalue weighted by atomic mass is 16.5. The van der Waals surface area contributed by atoms with Gasteiger partial charge in [0.15, 0.2) is 0 Å². The van der Waals surface area contributed by atoms with Crippen molar-refractivity contribution in [1.82, 2.24) is 15.5 Å². The molecule has 1 aromatic heterocycles. The summed E-state index contributed by atoms with van der Waals surface area (Å²) in [6, 6.07) is 0.425. The Hall–Kier alpha value is -1.10. The largest absolute Gasteiger partial charge is 0.339 e. The van der Waals surface area contributed by atoms with Gasteiger partial charge in [0.05, 0.1) is 6.54 Å². The van der Waals surface area contributed by atoms with Crippen molar-refractivity contribution in [2.45, 2.75) is 40.3 Å². The van der Waals surface area contributed by atoms with Gasteiger partial charge >= 0.3 is 0 Å². The molecule has 0 saturated heterocycles. The molecule has 0 bridgehead atoms. The smallest absolute Gasteiger partial charge is 0.266 e. The quantitative estimate of drug-likeness (QED) is 0.772. The molecule has 1 heterocycles. The van der Waals surface area contributed by atoms with Gasteiger partial charge in [0.2, 0.25) is 5.89 Å². The third-order valence-electron chi connectivity index (χ3n) is 2.17. The van der Waals surface area contributed by atoms with Crippen LogP contribution in [0.2, 0.25) is 0 Å². The van der Waals surface area contributed by atoms with E-state index in [1.165, 1.54) is 0 Å². The van der Waals surface area contributed by atoms with Gasteiger partial charge in [0.1, 0.15) is 0 Å². The molecule has 0 unspecified atom stereocenters. The first-order valence-corrected chi connectivity index (χ1v) is 5.48. The topological polar surface area (TPSA) is 54.2 Å². The monoisotopic (exact) mass is 212 g/mol. The van der Waals surface area contributed by atoms with E-state index in [0.29, 0.717) is 24.4 Å². The molecule has 0 aliphatic heterocycles. The predicted molar refractivity (Wildman–Crippen MR) is 59.8 cm³/mol. The molecule has 1 N–H and O–H groups in total.